The molecule has 1 aliphatic heterocycles. The van der Waals surface area contributed by atoms with E-state index in [9.17, 15) is 12.8 Å². The van der Waals surface area contributed by atoms with Gasteiger partial charge in [-0.1, -0.05) is 6.07 Å². The molecule has 33 heavy (non-hydrogen) atoms. The van der Waals surface area contributed by atoms with Crippen LogP contribution in [-0.4, -0.2) is 70.7 Å². The van der Waals surface area contributed by atoms with E-state index < -0.39 is 10.0 Å². The summed E-state index contributed by atoms with van der Waals surface area (Å²) in [6, 6.07) is 9.52. The first kappa shape index (κ1) is 25.6. The molecule has 2 aromatic rings. The molecule has 0 aromatic heterocycles. The van der Waals surface area contributed by atoms with Crippen molar-refractivity contribution in [3.05, 3.63) is 47.8 Å². The summed E-state index contributed by atoms with van der Waals surface area (Å²) in [5, 5.41) is 3.35. The first-order valence-electron chi connectivity index (χ1n) is 10.8. The quantitative estimate of drug-likeness (QED) is 0.477. The molecule has 1 N–H and O–H groups in total. The van der Waals surface area contributed by atoms with Gasteiger partial charge in [-0.05, 0) is 43.2 Å². The van der Waals surface area contributed by atoms with Crippen molar-refractivity contribution >= 4 is 21.8 Å². The smallest absolute Gasteiger partial charge is 0.246 e. The molecular weight excluding hydrogens is 467 g/mol. The number of benzene rings is 2. The summed E-state index contributed by atoms with van der Waals surface area (Å²) in [5.41, 5.74) is 0.897. The van der Waals surface area contributed by atoms with E-state index in [1.54, 1.807) is 23.9 Å². The van der Waals surface area contributed by atoms with Crippen LogP contribution in [0.25, 0.3) is 0 Å². The van der Waals surface area contributed by atoms with Gasteiger partial charge in [0.2, 0.25) is 10.0 Å². The first-order chi connectivity index (χ1) is 15.8. The van der Waals surface area contributed by atoms with E-state index >= 15 is 0 Å². The Morgan fingerprint density at radius 2 is 1.76 bits per heavy atom. The molecule has 2 aromatic carbocycles. The molecule has 3 rings (SSSR count). The van der Waals surface area contributed by atoms with Crippen LogP contribution in [0.2, 0.25) is 0 Å². The van der Waals surface area contributed by atoms with Crippen LogP contribution in [-0.2, 0) is 16.4 Å². The van der Waals surface area contributed by atoms with E-state index in [0.29, 0.717) is 49.9 Å². The lowest BCUT2D eigenvalue weighted by Gasteiger charge is -2.26. The van der Waals surface area contributed by atoms with Gasteiger partial charge in [0.1, 0.15) is 23.1 Å². The molecule has 7 nitrogen and oxygen atoms in total. The number of thioether (sulfide) groups is 1. The Morgan fingerprint density at radius 1 is 1.06 bits per heavy atom. The highest BCUT2D eigenvalue weighted by Crippen LogP contribution is 2.30. The fourth-order valence-corrected chi connectivity index (χ4v) is 6.41. The predicted molar refractivity (Wildman–Crippen MR) is 129 cm³/mol. The number of sulfonamides is 1. The highest BCUT2D eigenvalue weighted by atomic mass is 32.2. The van der Waals surface area contributed by atoms with Gasteiger partial charge in [-0.3, -0.25) is 0 Å². The average Bonchev–Trinajstić information content (AvgIpc) is 2.82. The normalized spacial score (nSPS) is 15.8. The van der Waals surface area contributed by atoms with Crippen LogP contribution in [0, 0.1) is 5.82 Å². The van der Waals surface area contributed by atoms with Crippen molar-refractivity contribution < 1.29 is 27.0 Å². The summed E-state index contributed by atoms with van der Waals surface area (Å²) >= 11 is 1.76. The molecule has 0 saturated carbocycles. The van der Waals surface area contributed by atoms with E-state index in [0.717, 1.165) is 17.1 Å². The van der Waals surface area contributed by atoms with Gasteiger partial charge in [-0.25, -0.2) is 12.8 Å². The molecule has 1 saturated heterocycles. The molecule has 0 bridgehead atoms. The maximum Gasteiger partial charge on any atom is 0.246 e. The molecule has 1 fully saturated rings. The summed E-state index contributed by atoms with van der Waals surface area (Å²) in [5.74, 6) is 2.39. The standard InChI is InChI=1S/C23H31FN2O5S2/c1-17(25-8-11-31-22-16-19(24)5-7-20(22)29-2)14-18-4-6-21(30-3)23(15-18)33(27,28)26-9-12-32-13-10-26/h4-7,15-17,25H,8-14H2,1-3H3. The minimum Gasteiger partial charge on any atom is -0.495 e. The SMILES string of the molecule is COc1ccc(F)cc1OCCNC(C)Cc1ccc(OC)c(S(=O)(=O)N2CCSCC2)c1. The Bertz CT molecular complexity index is 1030. The van der Waals surface area contributed by atoms with Crippen molar-refractivity contribution in [2.45, 2.75) is 24.3 Å². The number of hydrogen-bond donors (Lipinski definition) is 1. The number of nitrogens with one attached hydrogen (secondary N) is 1. The molecule has 0 spiro atoms. The highest BCUT2D eigenvalue weighted by molar-refractivity contribution is 7.99. The number of hydrogen-bond acceptors (Lipinski definition) is 7. The zero-order valence-electron chi connectivity index (χ0n) is 19.2. The van der Waals surface area contributed by atoms with E-state index in [1.807, 2.05) is 13.0 Å². The Kier molecular flexibility index (Phi) is 9.25. The van der Waals surface area contributed by atoms with Crippen LogP contribution in [0.1, 0.15) is 12.5 Å². The topological polar surface area (TPSA) is 77.1 Å². The van der Waals surface area contributed by atoms with Crippen LogP contribution in [0.3, 0.4) is 0 Å². The van der Waals surface area contributed by atoms with Gasteiger partial charge in [0.25, 0.3) is 0 Å². The molecule has 1 atom stereocenters. The summed E-state index contributed by atoms with van der Waals surface area (Å²) < 4.78 is 57.5. The first-order valence-corrected chi connectivity index (χ1v) is 13.4. The van der Waals surface area contributed by atoms with Gasteiger partial charge in [-0.15, -0.1) is 0 Å². The van der Waals surface area contributed by atoms with Crippen LogP contribution in [0.15, 0.2) is 41.3 Å². The Labute approximate surface area is 199 Å². The van der Waals surface area contributed by atoms with Crippen LogP contribution < -0.4 is 19.5 Å². The largest absolute Gasteiger partial charge is 0.495 e. The Hall–Kier alpha value is -2.01. The molecule has 0 aliphatic carbocycles. The van der Waals surface area contributed by atoms with Crippen molar-refractivity contribution in [2.75, 3.05) is 52.0 Å². The number of nitrogens with zero attached hydrogens (tertiary/aromatic N) is 1. The number of halogens is 1. The Morgan fingerprint density at radius 3 is 2.45 bits per heavy atom. The molecule has 0 radical (unpaired) electrons. The third-order valence-corrected chi connectivity index (χ3v) is 8.20. The monoisotopic (exact) mass is 498 g/mol. The summed E-state index contributed by atoms with van der Waals surface area (Å²) in [6.45, 7) is 3.90. The average molecular weight is 499 g/mol. The fraction of sp³-hybridized carbons (Fsp3) is 0.478. The van der Waals surface area contributed by atoms with Gasteiger partial charge < -0.3 is 19.5 Å². The van der Waals surface area contributed by atoms with Gasteiger partial charge in [0.05, 0.1) is 14.2 Å². The van der Waals surface area contributed by atoms with E-state index in [4.69, 9.17) is 14.2 Å². The van der Waals surface area contributed by atoms with Crippen molar-refractivity contribution in [1.29, 1.82) is 0 Å². The summed E-state index contributed by atoms with van der Waals surface area (Å²) in [4.78, 5) is 0.211. The zero-order valence-corrected chi connectivity index (χ0v) is 20.8. The number of ether oxygens (including phenoxy) is 3. The van der Waals surface area contributed by atoms with E-state index in [2.05, 4.69) is 5.32 Å². The minimum absolute atomic E-state index is 0.0679. The fourth-order valence-electron chi connectivity index (χ4n) is 3.63. The Balaban J connectivity index is 1.59. The van der Waals surface area contributed by atoms with Crippen LogP contribution in [0.4, 0.5) is 4.39 Å². The van der Waals surface area contributed by atoms with Crippen LogP contribution >= 0.6 is 11.8 Å². The highest BCUT2D eigenvalue weighted by Gasteiger charge is 2.29. The molecule has 10 heteroatoms. The van der Waals surface area contributed by atoms with Crippen LogP contribution in [0.5, 0.6) is 17.2 Å². The van der Waals surface area contributed by atoms with Gasteiger partial charge in [-0.2, -0.15) is 16.1 Å². The number of rotatable bonds is 11. The number of methoxy groups -OCH3 is 2. The maximum absolute atomic E-state index is 13.4. The lowest BCUT2D eigenvalue weighted by molar-refractivity contribution is 0.285. The van der Waals surface area contributed by atoms with Crippen molar-refractivity contribution in [2.24, 2.45) is 0 Å². The third kappa shape index (κ3) is 6.75. The third-order valence-electron chi connectivity index (χ3n) is 5.34. The molecule has 1 aliphatic rings. The molecule has 182 valence electrons. The lowest BCUT2D eigenvalue weighted by atomic mass is 10.1. The second-order valence-electron chi connectivity index (χ2n) is 7.70. The second kappa shape index (κ2) is 11.9. The van der Waals surface area contributed by atoms with Gasteiger partial charge in [0.15, 0.2) is 11.5 Å². The van der Waals surface area contributed by atoms with Gasteiger partial charge >= 0.3 is 0 Å². The minimum atomic E-state index is -3.61. The molecule has 0 amide bonds. The van der Waals surface area contributed by atoms with E-state index in [-0.39, 0.29) is 16.8 Å². The van der Waals surface area contributed by atoms with E-state index in [1.165, 1.54) is 36.7 Å². The van der Waals surface area contributed by atoms with Gasteiger partial charge in [0, 0.05) is 43.2 Å². The molecule has 1 heterocycles. The summed E-state index contributed by atoms with van der Waals surface area (Å²) in [6.07, 6.45) is 0.631. The maximum atomic E-state index is 13.4. The van der Waals surface area contributed by atoms with Crippen molar-refractivity contribution in [3.8, 4) is 17.2 Å². The van der Waals surface area contributed by atoms with Crippen molar-refractivity contribution in [3.63, 3.8) is 0 Å². The summed E-state index contributed by atoms with van der Waals surface area (Å²) in [7, 11) is -0.621. The molecular formula is C23H31FN2O5S2. The van der Waals surface area contributed by atoms with Crippen molar-refractivity contribution in [1.82, 2.24) is 9.62 Å². The lowest BCUT2D eigenvalue weighted by Crippen LogP contribution is -2.38. The second-order valence-corrected chi connectivity index (χ2v) is 10.8. The molecule has 1 unspecified atom stereocenters. The predicted octanol–water partition coefficient (Wildman–Crippen LogP) is 3.18. The zero-order chi connectivity index (χ0) is 23.8.